The van der Waals surface area contributed by atoms with Crippen molar-refractivity contribution in [2.75, 3.05) is 7.11 Å². The molecule has 0 fully saturated rings. The molecule has 4 rings (SSSR count). The quantitative estimate of drug-likeness (QED) is 0.620. The molecule has 3 N–H and O–H groups in total. The van der Waals surface area contributed by atoms with Gasteiger partial charge in [-0.2, -0.15) is 0 Å². The Balaban J connectivity index is 1.85. The number of carbonyl (C=O) groups excluding carboxylic acids is 2. The van der Waals surface area contributed by atoms with E-state index in [2.05, 4.69) is 0 Å². The lowest BCUT2D eigenvalue weighted by molar-refractivity contribution is -0.169. The third-order valence-corrected chi connectivity index (χ3v) is 6.01. The monoisotopic (exact) mass is 440 g/mol. The number of aromatic hydroxyl groups is 1. The largest absolute Gasteiger partial charge is 0.508 e. The zero-order valence-electron chi connectivity index (χ0n) is 17.9. The van der Waals surface area contributed by atoms with Crippen molar-refractivity contribution >= 4 is 17.5 Å². The molecule has 0 spiro atoms. The van der Waals surface area contributed by atoms with E-state index < -0.39 is 35.0 Å². The van der Waals surface area contributed by atoms with E-state index in [4.69, 9.17) is 14.2 Å². The molecule has 0 bridgehead atoms. The minimum Gasteiger partial charge on any atom is -0.508 e. The number of ether oxygens (including phenoxy) is 3. The van der Waals surface area contributed by atoms with Gasteiger partial charge in [0.15, 0.2) is 0 Å². The lowest BCUT2D eigenvalue weighted by Crippen LogP contribution is -2.47. The average Bonchev–Trinajstić information content (AvgIpc) is 3.00. The van der Waals surface area contributed by atoms with Crippen LogP contribution < -0.4 is 4.74 Å². The summed E-state index contributed by atoms with van der Waals surface area (Å²) in [4.78, 5) is 25.5. The van der Waals surface area contributed by atoms with Crippen LogP contribution in [0.5, 0.6) is 11.5 Å². The Morgan fingerprint density at radius 2 is 1.81 bits per heavy atom. The molecule has 2 aliphatic rings. The van der Waals surface area contributed by atoms with Gasteiger partial charge in [0.25, 0.3) is 0 Å². The van der Waals surface area contributed by atoms with Gasteiger partial charge in [-0.25, -0.2) is 9.59 Å². The Kier molecular flexibility index (Phi) is 5.13. The Morgan fingerprint density at radius 3 is 2.47 bits per heavy atom. The van der Waals surface area contributed by atoms with Gasteiger partial charge in [-0.15, -0.1) is 0 Å². The molecule has 2 aromatic carbocycles. The second-order valence-corrected chi connectivity index (χ2v) is 8.47. The predicted molar refractivity (Wildman–Crippen MR) is 113 cm³/mol. The molecule has 2 aromatic rings. The number of hydrogen-bond acceptors (Lipinski definition) is 8. The highest BCUT2D eigenvalue weighted by molar-refractivity contribution is 6.11. The summed E-state index contributed by atoms with van der Waals surface area (Å²) in [6.45, 7) is 3.57. The normalized spacial score (nSPS) is 23.9. The Bertz CT molecular complexity index is 1120. The highest BCUT2D eigenvalue weighted by atomic mass is 16.6. The summed E-state index contributed by atoms with van der Waals surface area (Å²) < 4.78 is 16.4. The van der Waals surface area contributed by atoms with Crippen molar-refractivity contribution in [2.24, 2.45) is 0 Å². The first-order valence-corrected chi connectivity index (χ1v) is 10.1. The molecule has 2 aliphatic heterocycles. The van der Waals surface area contributed by atoms with Crippen molar-refractivity contribution in [1.29, 1.82) is 0 Å². The van der Waals surface area contributed by atoms with Gasteiger partial charge in [0.1, 0.15) is 17.1 Å². The number of phenols is 1. The molecule has 0 radical (unpaired) electrons. The van der Waals surface area contributed by atoms with E-state index in [1.54, 1.807) is 32.0 Å². The zero-order valence-corrected chi connectivity index (χ0v) is 17.9. The maximum atomic E-state index is 13.0. The van der Waals surface area contributed by atoms with Crippen LogP contribution in [0.2, 0.25) is 0 Å². The molecule has 0 aliphatic carbocycles. The molecule has 0 amide bonds. The van der Waals surface area contributed by atoms with Crippen LogP contribution >= 0.6 is 0 Å². The van der Waals surface area contributed by atoms with Gasteiger partial charge in [0.2, 0.25) is 11.4 Å². The Hall–Kier alpha value is -3.52. The van der Waals surface area contributed by atoms with Crippen molar-refractivity contribution < 1.29 is 39.1 Å². The number of cyclic esters (lactones) is 1. The van der Waals surface area contributed by atoms with Crippen LogP contribution in [0.4, 0.5) is 0 Å². The lowest BCUT2D eigenvalue weighted by atomic mass is 9.80. The van der Waals surface area contributed by atoms with Crippen LogP contribution in [-0.2, 0) is 31.9 Å². The molecule has 2 atom stereocenters. The van der Waals surface area contributed by atoms with E-state index in [-0.39, 0.29) is 24.2 Å². The summed E-state index contributed by atoms with van der Waals surface area (Å²) >= 11 is 0. The number of aliphatic hydroxyl groups is 2. The molecule has 0 saturated carbocycles. The molecule has 32 heavy (non-hydrogen) atoms. The summed E-state index contributed by atoms with van der Waals surface area (Å²) in [5.41, 5.74) is -1.21. The second-order valence-electron chi connectivity index (χ2n) is 8.47. The SMILES string of the molecule is COC(=O)[C@]1(Cc2cccc3c2C[C@H](O)C(C)(C)O3)OC(=O)C(O)=C1c1ccc(O)cc1. The lowest BCUT2D eigenvalue weighted by Gasteiger charge is -2.38. The van der Waals surface area contributed by atoms with Crippen LogP contribution in [0.1, 0.15) is 30.5 Å². The third kappa shape index (κ3) is 3.36. The first-order chi connectivity index (χ1) is 15.1. The molecular weight excluding hydrogens is 416 g/mol. The number of esters is 2. The van der Waals surface area contributed by atoms with Crippen molar-refractivity contribution in [3.05, 3.63) is 64.9 Å². The number of benzene rings is 2. The van der Waals surface area contributed by atoms with E-state index in [9.17, 15) is 24.9 Å². The van der Waals surface area contributed by atoms with Crippen LogP contribution in [-0.4, -0.2) is 51.7 Å². The summed E-state index contributed by atoms with van der Waals surface area (Å²) in [6, 6.07) is 10.9. The fourth-order valence-electron chi connectivity index (χ4n) is 4.22. The minimum atomic E-state index is -1.96. The number of aliphatic hydroxyl groups excluding tert-OH is 2. The third-order valence-electron chi connectivity index (χ3n) is 6.01. The summed E-state index contributed by atoms with van der Waals surface area (Å²) in [7, 11) is 1.16. The molecule has 8 nitrogen and oxygen atoms in total. The number of hydrogen-bond donors (Lipinski definition) is 3. The highest BCUT2D eigenvalue weighted by Crippen LogP contribution is 2.45. The van der Waals surface area contributed by atoms with E-state index >= 15 is 0 Å². The second kappa shape index (κ2) is 7.56. The number of phenolic OH excluding ortho intramolecular Hbond substituents is 1. The Labute approximate surface area is 184 Å². The van der Waals surface area contributed by atoms with Crippen molar-refractivity contribution in [3.8, 4) is 11.5 Å². The van der Waals surface area contributed by atoms with Crippen LogP contribution in [0.3, 0.4) is 0 Å². The van der Waals surface area contributed by atoms with Crippen molar-refractivity contribution in [3.63, 3.8) is 0 Å². The molecular formula is C24H24O8. The van der Waals surface area contributed by atoms with Gasteiger partial charge in [0, 0.05) is 18.4 Å². The molecule has 0 saturated heterocycles. The molecule has 2 heterocycles. The fraction of sp³-hybridized carbons (Fsp3) is 0.333. The number of methoxy groups -OCH3 is 1. The van der Waals surface area contributed by atoms with Gasteiger partial charge < -0.3 is 29.5 Å². The first kappa shape index (κ1) is 21.7. The summed E-state index contributed by atoms with van der Waals surface area (Å²) in [5, 5.41) is 30.7. The van der Waals surface area contributed by atoms with Gasteiger partial charge in [0.05, 0.1) is 18.8 Å². The molecule has 0 unspecified atom stereocenters. The number of carbonyl (C=O) groups is 2. The van der Waals surface area contributed by atoms with E-state index in [0.29, 0.717) is 22.4 Å². The van der Waals surface area contributed by atoms with Gasteiger partial charge in [-0.1, -0.05) is 24.3 Å². The first-order valence-electron chi connectivity index (χ1n) is 10.1. The standard InChI is InChI=1S/C24H24O8/c1-23(2)18(26)11-16-14(5-4-6-17(16)31-23)12-24(22(29)30-3)19(20(27)21(28)32-24)13-7-9-15(25)10-8-13/h4-10,18,25-27H,11-12H2,1-3H3/t18-,24+/m0/s1. The van der Waals surface area contributed by atoms with Crippen molar-refractivity contribution in [2.45, 2.75) is 44.0 Å². The summed E-state index contributed by atoms with van der Waals surface area (Å²) in [5.74, 6) is -2.09. The molecule has 8 heteroatoms. The van der Waals surface area contributed by atoms with Crippen LogP contribution in [0.25, 0.3) is 5.57 Å². The van der Waals surface area contributed by atoms with Crippen molar-refractivity contribution in [1.82, 2.24) is 0 Å². The van der Waals surface area contributed by atoms with Crippen LogP contribution in [0.15, 0.2) is 48.2 Å². The summed E-state index contributed by atoms with van der Waals surface area (Å²) in [6.07, 6.45) is -0.670. The maximum Gasteiger partial charge on any atom is 0.375 e. The number of fused-ring (bicyclic) bond motifs is 1. The van der Waals surface area contributed by atoms with Gasteiger partial charge in [-0.3, -0.25) is 0 Å². The average molecular weight is 440 g/mol. The fourth-order valence-corrected chi connectivity index (χ4v) is 4.22. The van der Waals surface area contributed by atoms with Gasteiger partial charge in [-0.05, 0) is 43.2 Å². The minimum absolute atomic E-state index is 0.0198. The zero-order chi connectivity index (χ0) is 23.3. The molecule has 0 aromatic heterocycles. The smallest absolute Gasteiger partial charge is 0.375 e. The number of rotatable bonds is 4. The maximum absolute atomic E-state index is 13.0. The predicted octanol–water partition coefficient (Wildman–Crippen LogP) is 2.45. The van der Waals surface area contributed by atoms with E-state index in [1.807, 2.05) is 0 Å². The molecule has 168 valence electrons. The Morgan fingerprint density at radius 1 is 1.12 bits per heavy atom. The topological polar surface area (TPSA) is 123 Å². The van der Waals surface area contributed by atoms with E-state index in [0.717, 1.165) is 7.11 Å². The van der Waals surface area contributed by atoms with E-state index in [1.165, 1.54) is 24.3 Å². The van der Waals surface area contributed by atoms with Gasteiger partial charge >= 0.3 is 11.9 Å². The highest BCUT2D eigenvalue weighted by Gasteiger charge is 2.56. The van der Waals surface area contributed by atoms with Crippen LogP contribution in [0, 0.1) is 0 Å².